The molecule has 0 unspecified atom stereocenters. The minimum atomic E-state index is -0.225. The summed E-state index contributed by atoms with van der Waals surface area (Å²) < 4.78 is 6.55. The first-order valence-electron chi connectivity index (χ1n) is 7.57. The Hall–Kier alpha value is -2.16. The fraction of sp³-hybridized carbons (Fsp3) is 0.188. The zero-order valence-corrected chi connectivity index (χ0v) is 16.0. The molecule has 0 saturated heterocycles. The first kappa shape index (κ1) is 18.6. The molecule has 0 aliphatic heterocycles. The molecule has 26 heavy (non-hydrogen) atoms. The van der Waals surface area contributed by atoms with Gasteiger partial charge in [0.05, 0.1) is 23.1 Å². The molecule has 0 bridgehead atoms. The van der Waals surface area contributed by atoms with Crippen LogP contribution in [0.4, 0.5) is 0 Å². The van der Waals surface area contributed by atoms with Crippen molar-refractivity contribution in [2.75, 3.05) is 11.6 Å². The van der Waals surface area contributed by atoms with Crippen LogP contribution < -0.4 is 11.2 Å². The highest BCUT2D eigenvalue weighted by molar-refractivity contribution is 7.99. The average molecular weight is 412 g/mol. The van der Waals surface area contributed by atoms with E-state index in [2.05, 4.69) is 15.5 Å². The number of hydrogen-bond donors (Lipinski definition) is 2. The minimum absolute atomic E-state index is 0.134. The van der Waals surface area contributed by atoms with Crippen LogP contribution in [0.15, 0.2) is 46.2 Å². The number of halogens is 2. The van der Waals surface area contributed by atoms with E-state index >= 15 is 0 Å². The number of carbonyl (C=O) groups is 1. The molecule has 10 heteroatoms. The van der Waals surface area contributed by atoms with Gasteiger partial charge in [-0.3, -0.25) is 4.79 Å². The van der Waals surface area contributed by atoms with E-state index in [-0.39, 0.29) is 17.7 Å². The lowest BCUT2D eigenvalue weighted by atomic mass is 10.2. The van der Waals surface area contributed by atoms with Crippen LogP contribution in [0.2, 0.25) is 10.0 Å². The maximum absolute atomic E-state index is 12.1. The van der Waals surface area contributed by atoms with Crippen LogP contribution in [0, 0.1) is 0 Å². The SMILES string of the molecule is C[C@@H](NC(=O)CSc1nnc(-c2ccc(Cl)cc2Cl)n1N)c1ccco1. The van der Waals surface area contributed by atoms with Crippen molar-refractivity contribution in [3.63, 3.8) is 0 Å². The lowest BCUT2D eigenvalue weighted by Crippen LogP contribution is -2.28. The topological polar surface area (TPSA) is 99.0 Å². The highest BCUT2D eigenvalue weighted by atomic mass is 35.5. The fourth-order valence-corrected chi connectivity index (χ4v) is 3.41. The zero-order chi connectivity index (χ0) is 18.7. The largest absolute Gasteiger partial charge is 0.467 e. The van der Waals surface area contributed by atoms with Crippen molar-refractivity contribution < 1.29 is 9.21 Å². The number of hydrogen-bond acceptors (Lipinski definition) is 6. The first-order chi connectivity index (χ1) is 12.5. The molecule has 0 fully saturated rings. The van der Waals surface area contributed by atoms with Crippen LogP contribution in [-0.4, -0.2) is 26.5 Å². The van der Waals surface area contributed by atoms with Gasteiger partial charge in [0.2, 0.25) is 11.1 Å². The van der Waals surface area contributed by atoms with Gasteiger partial charge in [0.25, 0.3) is 0 Å². The van der Waals surface area contributed by atoms with Gasteiger partial charge in [-0.05, 0) is 37.3 Å². The van der Waals surface area contributed by atoms with Gasteiger partial charge >= 0.3 is 0 Å². The van der Waals surface area contributed by atoms with Crippen molar-refractivity contribution in [1.82, 2.24) is 20.2 Å². The number of amides is 1. The van der Waals surface area contributed by atoms with E-state index in [1.165, 1.54) is 16.4 Å². The van der Waals surface area contributed by atoms with E-state index in [4.69, 9.17) is 33.5 Å². The monoisotopic (exact) mass is 411 g/mol. The highest BCUT2D eigenvalue weighted by Gasteiger charge is 2.17. The molecule has 3 aromatic rings. The van der Waals surface area contributed by atoms with Crippen molar-refractivity contribution in [1.29, 1.82) is 0 Å². The van der Waals surface area contributed by atoms with E-state index in [0.29, 0.717) is 32.3 Å². The Morgan fingerprint density at radius 3 is 2.88 bits per heavy atom. The van der Waals surface area contributed by atoms with E-state index in [0.717, 1.165) is 0 Å². The summed E-state index contributed by atoms with van der Waals surface area (Å²) in [5.41, 5.74) is 0.605. The Kier molecular flexibility index (Phi) is 5.75. The summed E-state index contributed by atoms with van der Waals surface area (Å²) >= 11 is 13.2. The van der Waals surface area contributed by atoms with Crippen LogP contribution >= 0.6 is 35.0 Å². The number of nitrogen functional groups attached to an aromatic ring is 1. The second kappa shape index (κ2) is 8.03. The molecular weight excluding hydrogens is 397 g/mol. The van der Waals surface area contributed by atoms with Gasteiger partial charge in [-0.2, -0.15) is 0 Å². The summed E-state index contributed by atoms with van der Waals surface area (Å²) in [6, 6.07) is 8.35. The molecule has 2 aromatic heterocycles. The summed E-state index contributed by atoms with van der Waals surface area (Å²) in [5.74, 6) is 7.07. The van der Waals surface area contributed by atoms with Crippen LogP contribution in [0.3, 0.4) is 0 Å². The number of nitrogens with two attached hydrogens (primary N) is 1. The van der Waals surface area contributed by atoms with Crippen molar-refractivity contribution in [2.24, 2.45) is 0 Å². The standard InChI is InChI=1S/C16H15Cl2N5O2S/c1-9(13-3-2-6-25-13)20-14(24)8-26-16-22-21-15(23(16)19)11-5-4-10(17)7-12(11)18/h2-7,9H,8,19H2,1H3,(H,20,24)/t9-/m1/s1. The fourth-order valence-electron chi connectivity index (χ4n) is 2.25. The van der Waals surface area contributed by atoms with Gasteiger partial charge < -0.3 is 15.6 Å². The average Bonchev–Trinajstić information content (AvgIpc) is 3.24. The number of carbonyl (C=O) groups excluding carboxylic acids is 1. The summed E-state index contributed by atoms with van der Waals surface area (Å²) in [4.78, 5) is 12.1. The quantitative estimate of drug-likeness (QED) is 0.475. The Bertz CT molecular complexity index is 914. The summed E-state index contributed by atoms with van der Waals surface area (Å²) in [6.45, 7) is 1.84. The molecule has 3 N–H and O–H groups in total. The lowest BCUT2D eigenvalue weighted by molar-refractivity contribution is -0.119. The van der Waals surface area contributed by atoms with Crippen LogP contribution in [-0.2, 0) is 4.79 Å². The maximum atomic E-state index is 12.1. The van der Waals surface area contributed by atoms with E-state index in [1.807, 2.05) is 6.92 Å². The molecule has 0 aliphatic carbocycles. The van der Waals surface area contributed by atoms with E-state index in [1.54, 1.807) is 36.6 Å². The van der Waals surface area contributed by atoms with Crippen molar-refractivity contribution in [3.05, 3.63) is 52.4 Å². The van der Waals surface area contributed by atoms with Gasteiger partial charge in [-0.25, -0.2) is 4.68 Å². The number of nitrogens with one attached hydrogen (secondary N) is 1. The first-order valence-corrected chi connectivity index (χ1v) is 9.31. The molecule has 0 radical (unpaired) electrons. The second-order valence-electron chi connectivity index (χ2n) is 5.39. The van der Waals surface area contributed by atoms with Gasteiger partial charge in [-0.15, -0.1) is 10.2 Å². The minimum Gasteiger partial charge on any atom is -0.467 e. The molecule has 3 rings (SSSR count). The zero-order valence-electron chi connectivity index (χ0n) is 13.6. The third-order valence-electron chi connectivity index (χ3n) is 3.52. The molecule has 1 amide bonds. The smallest absolute Gasteiger partial charge is 0.231 e. The molecular formula is C16H15Cl2N5O2S. The Balaban J connectivity index is 1.64. The highest BCUT2D eigenvalue weighted by Crippen LogP contribution is 2.30. The van der Waals surface area contributed by atoms with Gasteiger partial charge in [-0.1, -0.05) is 35.0 Å². The predicted molar refractivity (Wildman–Crippen MR) is 102 cm³/mol. The number of benzene rings is 1. The predicted octanol–water partition coefficient (Wildman–Crippen LogP) is 3.53. The lowest BCUT2D eigenvalue weighted by Gasteiger charge is -2.11. The van der Waals surface area contributed by atoms with Crippen molar-refractivity contribution >= 4 is 40.9 Å². The Morgan fingerprint density at radius 2 is 2.19 bits per heavy atom. The molecule has 7 nitrogen and oxygen atoms in total. The van der Waals surface area contributed by atoms with Crippen molar-refractivity contribution in [3.8, 4) is 11.4 Å². The molecule has 1 atom stereocenters. The summed E-state index contributed by atoms with van der Waals surface area (Å²) in [6.07, 6.45) is 1.56. The number of furan rings is 1. The number of rotatable bonds is 6. The second-order valence-corrected chi connectivity index (χ2v) is 7.18. The van der Waals surface area contributed by atoms with Crippen LogP contribution in [0.25, 0.3) is 11.4 Å². The van der Waals surface area contributed by atoms with Gasteiger partial charge in [0.15, 0.2) is 5.82 Å². The Morgan fingerprint density at radius 1 is 1.38 bits per heavy atom. The van der Waals surface area contributed by atoms with Crippen LogP contribution in [0.5, 0.6) is 0 Å². The Labute approximate surface area is 163 Å². The molecule has 2 heterocycles. The van der Waals surface area contributed by atoms with Gasteiger partial charge in [0, 0.05) is 10.6 Å². The van der Waals surface area contributed by atoms with Gasteiger partial charge in [0.1, 0.15) is 5.76 Å². The maximum Gasteiger partial charge on any atom is 0.231 e. The third-order valence-corrected chi connectivity index (χ3v) is 5.01. The molecule has 0 saturated carbocycles. The molecule has 1 aromatic carbocycles. The molecule has 0 spiro atoms. The number of thioether (sulfide) groups is 1. The normalized spacial score (nSPS) is 12.1. The number of nitrogens with zero attached hydrogens (tertiary/aromatic N) is 3. The molecule has 0 aliphatic rings. The van der Waals surface area contributed by atoms with E-state index < -0.39 is 0 Å². The third kappa shape index (κ3) is 4.14. The molecule has 136 valence electrons. The number of aromatic nitrogens is 3. The van der Waals surface area contributed by atoms with E-state index in [9.17, 15) is 4.79 Å². The van der Waals surface area contributed by atoms with Crippen molar-refractivity contribution in [2.45, 2.75) is 18.1 Å². The summed E-state index contributed by atoms with van der Waals surface area (Å²) in [7, 11) is 0. The van der Waals surface area contributed by atoms with Crippen LogP contribution in [0.1, 0.15) is 18.7 Å². The summed E-state index contributed by atoms with van der Waals surface area (Å²) in [5, 5.41) is 12.2.